The van der Waals surface area contributed by atoms with E-state index in [0.717, 1.165) is 36.0 Å². The fraction of sp³-hybridized carbons (Fsp3) is 0.462. The quantitative estimate of drug-likeness (QED) is 0.483. The molecule has 0 spiro atoms. The van der Waals surface area contributed by atoms with E-state index >= 15 is 0 Å². The second kappa shape index (κ2) is 9.87. The standard InChI is InChI=1S/C26H30F2/c1-3-4-20-11-14-24(15-12-20)19(2)17-22-8-5-21(6-9-22)7-10-23-13-16-25(27)26(28)18-23/h5-6,8-9,13,16,18-20,24H,3-4,11-12,14-15,17H2,1-2H3. The van der Waals surface area contributed by atoms with Gasteiger partial charge in [-0.3, -0.25) is 0 Å². The summed E-state index contributed by atoms with van der Waals surface area (Å²) in [5.41, 5.74) is 2.72. The van der Waals surface area contributed by atoms with Gasteiger partial charge in [-0.1, -0.05) is 63.5 Å². The lowest BCUT2D eigenvalue weighted by atomic mass is 9.74. The molecule has 2 heteroatoms. The molecule has 0 radical (unpaired) electrons. The van der Waals surface area contributed by atoms with E-state index in [1.165, 1.54) is 50.2 Å². The first kappa shape index (κ1) is 20.6. The Morgan fingerprint density at radius 3 is 2.18 bits per heavy atom. The van der Waals surface area contributed by atoms with Crippen LogP contribution < -0.4 is 0 Å². The minimum Gasteiger partial charge on any atom is -0.204 e. The highest BCUT2D eigenvalue weighted by Gasteiger charge is 2.24. The Balaban J connectivity index is 1.54. The van der Waals surface area contributed by atoms with E-state index in [2.05, 4.69) is 37.8 Å². The molecule has 0 heterocycles. The molecule has 0 saturated heterocycles. The molecule has 148 valence electrons. The van der Waals surface area contributed by atoms with Crippen LogP contribution >= 0.6 is 0 Å². The first-order valence-electron chi connectivity index (χ1n) is 10.6. The lowest BCUT2D eigenvalue weighted by molar-refractivity contribution is 0.206. The average molecular weight is 381 g/mol. The highest BCUT2D eigenvalue weighted by molar-refractivity contribution is 5.43. The van der Waals surface area contributed by atoms with Crippen LogP contribution in [0.1, 0.15) is 69.1 Å². The first-order chi connectivity index (χ1) is 13.5. The molecule has 1 unspecified atom stereocenters. The molecule has 0 aromatic heterocycles. The van der Waals surface area contributed by atoms with Crippen LogP contribution in [0.2, 0.25) is 0 Å². The number of hydrogen-bond donors (Lipinski definition) is 0. The summed E-state index contributed by atoms with van der Waals surface area (Å²) < 4.78 is 26.2. The van der Waals surface area contributed by atoms with Gasteiger partial charge in [-0.2, -0.15) is 0 Å². The Kier molecular flexibility index (Phi) is 7.26. The first-order valence-corrected chi connectivity index (χ1v) is 10.6. The summed E-state index contributed by atoms with van der Waals surface area (Å²) >= 11 is 0. The Morgan fingerprint density at radius 1 is 0.893 bits per heavy atom. The smallest absolute Gasteiger partial charge is 0.160 e. The summed E-state index contributed by atoms with van der Waals surface area (Å²) in [6, 6.07) is 12.1. The van der Waals surface area contributed by atoms with Crippen LogP contribution in [0.25, 0.3) is 0 Å². The van der Waals surface area contributed by atoms with E-state index in [1.807, 2.05) is 12.1 Å². The Bertz CT molecular complexity index is 818. The fourth-order valence-corrected chi connectivity index (χ4v) is 4.44. The third-order valence-electron chi connectivity index (χ3n) is 6.18. The van der Waals surface area contributed by atoms with Crippen molar-refractivity contribution in [2.45, 2.75) is 58.8 Å². The SMILES string of the molecule is CCCC1CCC(C(C)Cc2ccc(C#Cc3ccc(F)c(F)c3)cc2)CC1. The van der Waals surface area contributed by atoms with E-state index < -0.39 is 11.6 Å². The summed E-state index contributed by atoms with van der Waals surface area (Å²) in [6.45, 7) is 4.68. The molecule has 0 bridgehead atoms. The molecule has 2 aromatic rings. The molecule has 1 saturated carbocycles. The molecule has 1 aliphatic carbocycles. The summed E-state index contributed by atoms with van der Waals surface area (Å²) in [7, 11) is 0. The largest absolute Gasteiger partial charge is 0.204 e. The lowest BCUT2D eigenvalue weighted by Gasteiger charge is -2.32. The highest BCUT2D eigenvalue weighted by Crippen LogP contribution is 2.36. The molecule has 28 heavy (non-hydrogen) atoms. The van der Waals surface area contributed by atoms with Gasteiger partial charge in [-0.15, -0.1) is 0 Å². The van der Waals surface area contributed by atoms with Crippen LogP contribution in [-0.2, 0) is 6.42 Å². The van der Waals surface area contributed by atoms with Crippen LogP contribution in [0.5, 0.6) is 0 Å². The van der Waals surface area contributed by atoms with Crippen molar-refractivity contribution in [2.75, 3.05) is 0 Å². The predicted molar refractivity (Wildman–Crippen MR) is 112 cm³/mol. The maximum Gasteiger partial charge on any atom is 0.160 e. The third kappa shape index (κ3) is 5.68. The molecule has 3 rings (SSSR count). The Labute approximate surface area is 168 Å². The van der Waals surface area contributed by atoms with E-state index in [-0.39, 0.29) is 0 Å². The van der Waals surface area contributed by atoms with Crippen molar-refractivity contribution in [2.24, 2.45) is 17.8 Å². The van der Waals surface area contributed by atoms with Gasteiger partial charge in [0.2, 0.25) is 0 Å². The summed E-state index contributed by atoms with van der Waals surface area (Å²) in [6.07, 6.45) is 9.39. The second-order valence-electron chi connectivity index (χ2n) is 8.33. The molecule has 1 aliphatic rings. The van der Waals surface area contributed by atoms with Crippen molar-refractivity contribution in [3.05, 3.63) is 70.8 Å². The van der Waals surface area contributed by atoms with Gasteiger partial charge in [0.05, 0.1) is 0 Å². The summed E-state index contributed by atoms with van der Waals surface area (Å²) in [5, 5.41) is 0. The monoisotopic (exact) mass is 380 g/mol. The van der Waals surface area contributed by atoms with Crippen molar-refractivity contribution in [1.29, 1.82) is 0 Å². The van der Waals surface area contributed by atoms with Gasteiger partial charge in [0.25, 0.3) is 0 Å². The van der Waals surface area contributed by atoms with E-state index in [4.69, 9.17) is 0 Å². The van der Waals surface area contributed by atoms with Gasteiger partial charge in [0, 0.05) is 11.1 Å². The minimum absolute atomic E-state index is 0.482. The van der Waals surface area contributed by atoms with Crippen LogP contribution in [0.15, 0.2) is 42.5 Å². The molecule has 0 N–H and O–H groups in total. The van der Waals surface area contributed by atoms with Crippen molar-refractivity contribution < 1.29 is 8.78 Å². The normalized spacial score (nSPS) is 20.3. The zero-order valence-corrected chi connectivity index (χ0v) is 17.0. The van der Waals surface area contributed by atoms with Gasteiger partial charge in [0.15, 0.2) is 11.6 Å². The topological polar surface area (TPSA) is 0 Å². The maximum absolute atomic E-state index is 13.2. The van der Waals surface area contributed by atoms with Gasteiger partial charge in [-0.05, 0) is 72.9 Å². The number of benzene rings is 2. The lowest BCUT2D eigenvalue weighted by Crippen LogP contribution is -2.21. The average Bonchev–Trinajstić information content (AvgIpc) is 2.71. The summed E-state index contributed by atoms with van der Waals surface area (Å²) in [5.74, 6) is 6.74. The Hall–Kier alpha value is -2.14. The van der Waals surface area contributed by atoms with Crippen molar-refractivity contribution in [3.8, 4) is 11.8 Å². The van der Waals surface area contributed by atoms with Crippen molar-refractivity contribution in [1.82, 2.24) is 0 Å². The molecule has 0 nitrogen and oxygen atoms in total. The minimum atomic E-state index is -0.861. The van der Waals surface area contributed by atoms with Gasteiger partial charge in [0.1, 0.15) is 0 Å². The maximum atomic E-state index is 13.2. The third-order valence-corrected chi connectivity index (χ3v) is 6.18. The van der Waals surface area contributed by atoms with Gasteiger partial charge in [-0.25, -0.2) is 8.78 Å². The van der Waals surface area contributed by atoms with Gasteiger partial charge >= 0.3 is 0 Å². The zero-order valence-electron chi connectivity index (χ0n) is 17.0. The zero-order chi connectivity index (χ0) is 19.9. The van der Waals surface area contributed by atoms with Crippen LogP contribution in [0, 0.1) is 41.2 Å². The predicted octanol–water partition coefficient (Wildman–Crippen LogP) is 7.15. The van der Waals surface area contributed by atoms with Crippen LogP contribution in [0.4, 0.5) is 8.78 Å². The molecule has 1 fully saturated rings. The van der Waals surface area contributed by atoms with E-state index in [9.17, 15) is 8.78 Å². The van der Waals surface area contributed by atoms with Crippen LogP contribution in [-0.4, -0.2) is 0 Å². The molecular weight excluding hydrogens is 350 g/mol. The van der Waals surface area contributed by atoms with Crippen LogP contribution in [0.3, 0.4) is 0 Å². The number of rotatable bonds is 5. The van der Waals surface area contributed by atoms with Gasteiger partial charge < -0.3 is 0 Å². The summed E-state index contributed by atoms with van der Waals surface area (Å²) in [4.78, 5) is 0. The molecular formula is C26H30F2. The number of halogens is 2. The molecule has 1 atom stereocenters. The van der Waals surface area contributed by atoms with Crippen molar-refractivity contribution >= 4 is 0 Å². The van der Waals surface area contributed by atoms with E-state index in [1.54, 1.807) is 0 Å². The molecule has 0 aliphatic heterocycles. The Morgan fingerprint density at radius 2 is 1.54 bits per heavy atom. The molecule has 2 aromatic carbocycles. The number of hydrogen-bond acceptors (Lipinski definition) is 0. The highest BCUT2D eigenvalue weighted by atomic mass is 19.2. The second-order valence-corrected chi connectivity index (χ2v) is 8.33. The van der Waals surface area contributed by atoms with E-state index in [0.29, 0.717) is 11.5 Å². The van der Waals surface area contributed by atoms with Crippen molar-refractivity contribution in [3.63, 3.8) is 0 Å². The molecule has 0 amide bonds. The fourth-order valence-electron chi connectivity index (χ4n) is 4.44.